The first-order chi connectivity index (χ1) is 13.6. The van der Waals surface area contributed by atoms with Gasteiger partial charge < -0.3 is 11.1 Å². The Bertz CT molecular complexity index is 1140. The standard InChI is InChI=1S/C19H24N6O2S2/c1-19(2,3)25-29(26,27)17-9-8-15(28-17)13-7-6-12(20)18(21-13)22-16-10-14(23-24-16)11-4-5-11/h6-11,25H,4-5,20H2,1-3H3,(H2,21,22,23,24). The summed E-state index contributed by atoms with van der Waals surface area (Å²) in [7, 11) is -3.58. The summed E-state index contributed by atoms with van der Waals surface area (Å²) in [5, 5.41) is 10.5. The Morgan fingerprint density at radius 1 is 1.21 bits per heavy atom. The number of nitrogens with two attached hydrogens (primary N) is 1. The van der Waals surface area contributed by atoms with Crippen LogP contribution in [0.5, 0.6) is 0 Å². The number of pyridine rings is 1. The van der Waals surface area contributed by atoms with Gasteiger partial charge in [0, 0.05) is 17.5 Å². The number of thiophene rings is 1. The highest BCUT2D eigenvalue weighted by atomic mass is 32.2. The predicted octanol–water partition coefficient (Wildman–Crippen LogP) is 3.81. The Morgan fingerprint density at radius 2 is 1.97 bits per heavy atom. The van der Waals surface area contributed by atoms with Gasteiger partial charge in [0.05, 0.1) is 22.0 Å². The van der Waals surface area contributed by atoms with E-state index in [0.717, 1.165) is 16.4 Å². The van der Waals surface area contributed by atoms with E-state index in [9.17, 15) is 8.42 Å². The number of rotatable bonds is 6. The van der Waals surface area contributed by atoms with E-state index in [1.54, 1.807) is 24.3 Å². The molecule has 154 valence electrons. The molecule has 0 bridgehead atoms. The van der Waals surface area contributed by atoms with Crippen molar-refractivity contribution in [3.8, 4) is 10.6 Å². The number of nitrogens with one attached hydrogen (secondary N) is 3. The summed E-state index contributed by atoms with van der Waals surface area (Å²) in [5.74, 6) is 1.78. The number of sulfonamides is 1. The van der Waals surface area contributed by atoms with Crippen LogP contribution in [0.2, 0.25) is 0 Å². The first-order valence-corrected chi connectivity index (χ1v) is 11.6. The first kappa shape index (κ1) is 19.9. The van der Waals surface area contributed by atoms with E-state index in [2.05, 4.69) is 25.2 Å². The van der Waals surface area contributed by atoms with E-state index < -0.39 is 15.6 Å². The number of nitrogens with zero attached hydrogens (tertiary/aromatic N) is 2. The molecule has 0 amide bonds. The predicted molar refractivity (Wildman–Crippen MR) is 116 cm³/mol. The van der Waals surface area contributed by atoms with Crippen LogP contribution in [0.25, 0.3) is 10.6 Å². The lowest BCUT2D eigenvalue weighted by molar-refractivity contribution is 0.492. The molecule has 3 heterocycles. The highest BCUT2D eigenvalue weighted by molar-refractivity contribution is 7.91. The average Bonchev–Trinajstić information content (AvgIpc) is 3.15. The third kappa shape index (κ3) is 4.60. The molecule has 0 radical (unpaired) electrons. The molecule has 10 heteroatoms. The molecule has 8 nitrogen and oxygen atoms in total. The molecule has 5 N–H and O–H groups in total. The van der Waals surface area contributed by atoms with Crippen LogP contribution in [0.1, 0.15) is 45.2 Å². The van der Waals surface area contributed by atoms with Gasteiger partial charge in [-0.25, -0.2) is 18.1 Å². The molecule has 1 aliphatic carbocycles. The Balaban J connectivity index is 1.58. The molecule has 0 atom stereocenters. The second kappa shape index (κ2) is 7.12. The second-order valence-corrected chi connectivity index (χ2v) is 11.2. The van der Waals surface area contributed by atoms with Crippen molar-refractivity contribution >= 4 is 38.7 Å². The lowest BCUT2D eigenvalue weighted by Crippen LogP contribution is -2.40. The van der Waals surface area contributed by atoms with Gasteiger partial charge in [-0.3, -0.25) is 5.10 Å². The summed E-state index contributed by atoms with van der Waals surface area (Å²) < 4.78 is 28.0. The minimum Gasteiger partial charge on any atom is -0.396 e. The van der Waals surface area contributed by atoms with Crippen LogP contribution in [-0.4, -0.2) is 29.1 Å². The summed E-state index contributed by atoms with van der Waals surface area (Å²) in [6.45, 7) is 5.42. The van der Waals surface area contributed by atoms with E-state index in [1.165, 1.54) is 24.2 Å². The molecule has 0 aliphatic heterocycles. The zero-order valence-corrected chi connectivity index (χ0v) is 18.1. The monoisotopic (exact) mass is 432 g/mol. The Hall–Kier alpha value is -2.43. The third-order valence-corrected chi connectivity index (χ3v) is 7.67. The van der Waals surface area contributed by atoms with Crippen molar-refractivity contribution in [3.63, 3.8) is 0 Å². The number of anilines is 3. The van der Waals surface area contributed by atoms with Crippen molar-refractivity contribution in [3.05, 3.63) is 36.0 Å². The Kier molecular flexibility index (Phi) is 4.88. The van der Waals surface area contributed by atoms with Crippen LogP contribution in [0.4, 0.5) is 17.3 Å². The van der Waals surface area contributed by atoms with Crippen molar-refractivity contribution in [1.29, 1.82) is 0 Å². The molecular formula is C19H24N6O2S2. The summed E-state index contributed by atoms with van der Waals surface area (Å²) in [6, 6.07) is 8.85. The molecule has 3 aromatic heterocycles. The second-order valence-electron chi connectivity index (χ2n) is 8.21. The molecule has 0 spiro atoms. The maximum Gasteiger partial charge on any atom is 0.250 e. The molecule has 3 aromatic rings. The number of nitrogen functional groups attached to an aromatic ring is 1. The van der Waals surface area contributed by atoms with Crippen molar-refractivity contribution in [1.82, 2.24) is 19.9 Å². The van der Waals surface area contributed by atoms with E-state index in [4.69, 9.17) is 5.73 Å². The highest BCUT2D eigenvalue weighted by Gasteiger charge is 2.26. The van der Waals surface area contributed by atoms with Crippen LogP contribution < -0.4 is 15.8 Å². The molecular weight excluding hydrogens is 408 g/mol. The van der Waals surface area contributed by atoms with Gasteiger partial charge in [-0.1, -0.05) is 0 Å². The molecule has 1 aliphatic rings. The van der Waals surface area contributed by atoms with Crippen LogP contribution in [0.3, 0.4) is 0 Å². The number of hydrogen-bond acceptors (Lipinski definition) is 7. The summed E-state index contributed by atoms with van der Waals surface area (Å²) in [5.41, 5.74) is 7.71. The lowest BCUT2D eigenvalue weighted by atomic mass is 10.1. The van der Waals surface area contributed by atoms with Gasteiger partial charge in [-0.15, -0.1) is 11.3 Å². The van der Waals surface area contributed by atoms with E-state index in [1.807, 2.05) is 26.8 Å². The normalized spacial score (nSPS) is 14.9. The van der Waals surface area contributed by atoms with E-state index >= 15 is 0 Å². The summed E-state index contributed by atoms with van der Waals surface area (Å²) in [4.78, 5) is 5.33. The topological polar surface area (TPSA) is 126 Å². The van der Waals surface area contributed by atoms with Gasteiger partial charge in [-0.2, -0.15) is 5.10 Å². The van der Waals surface area contributed by atoms with Crippen molar-refractivity contribution in [2.24, 2.45) is 0 Å². The molecule has 0 saturated heterocycles. The fourth-order valence-electron chi connectivity index (χ4n) is 2.88. The van der Waals surface area contributed by atoms with Gasteiger partial charge in [0.1, 0.15) is 10.0 Å². The fraction of sp³-hybridized carbons (Fsp3) is 0.368. The summed E-state index contributed by atoms with van der Waals surface area (Å²) >= 11 is 1.17. The first-order valence-electron chi connectivity index (χ1n) is 9.34. The lowest BCUT2D eigenvalue weighted by Gasteiger charge is -2.19. The highest BCUT2D eigenvalue weighted by Crippen LogP contribution is 2.40. The van der Waals surface area contributed by atoms with Crippen molar-refractivity contribution in [2.75, 3.05) is 11.1 Å². The Morgan fingerprint density at radius 3 is 2.66 bits per heavy atom. The van der Waals surface area contributed by atoms with Crippen LogP contribution in [0.15, 0.2) is 34.5 Å². The average molecular weight is 433 g/mol. The zero-order chi connectivity index (χ0) is 20.8. The molecule has 0 aromatic carbocycles. The van der Waals surface area contributed by atoms with Crippen molar-refractivity contribution < 1.29 is 8.42 Å². The minimum absolute atomic E-state index is 0.248. The largest absolute Gasteiger partial charge is 0.396 e. The fourth-order valence-corrected chi connectivity index (χ4v) is 5.57. The van der Waals surface area contributed by atoms with Gasteiger partial charge in [0.15, 0.2) is 5.82 Å². The SMILES string of the molecule is CC(C)(C)NS(=O)(=O)c1ccc(-c2ccc(N)c(Nc3cc(C4CC4)n[nH]3)n2)s1. The van der Waals surface area contributed by atoms with Gasteiger partial charge in [0.2, 0.25) is 0 Å². The van der Waals surface area contributed by atoms with Crippen LogP contribution in [0, 0.1) is 0 Å². The quantitative estimate of drug-likeness (QED) is 0.469. The molecule has 4 rings (SSSR count). The van der Waals surface area contributed by atoms with Gasteiger partial charge in [0.25, 0.3) is 10.0 Å². The van der Waals surface area contributed by atoms with Gasteiger partial charge >= 0.3 is 0 Å². The van der Waals surface area contributed by atoms with E-state index in [-0.39, 0.29) is 4.21 Å². The Labute approximate surface area is 174 Å². The van der Waals surface area contributed by atoms with Crippen LogP contribution >= 0.6 is 11.3 Å². The number of aromatic amines is 1. The zero-order valence-electron chi connectivity index (χ0n) is 16.5. The van der Waals surface area contributed by atoms with Crippen LogP contribution in [-0.2, 0) is 10.0 Å². The number of aromatic nitrogens is 3. The molecule has 29 heavy (non-hydrogen) atoms. The maximum absolute atomic E-state index is 12.6. The molecule has 1 saturated carbocycles. The number of hydrogen-bond donors (Lipinski definition) is 4. The van der Waals surface area contributed by atoms with E-state index in [0.29, 0.717) is 23.1 Å². The maximum atomic E-state index is 12.6. The number of H-pyrrole nitrogens is 1. The minimum atomic E-state index is -3.58. The van der Waals surface area contributed by atoms with Crippen molar-refractivity contribution in [2.45, 2.75) is 49.3 Å². The third-order valence-electron chi connectivity index (χ3n) is 4.31. The van der Waals surface area contributed by atoms with Gasteiger partial charge in [-0.05, 0) is 57.9 Å². The molecule has 1 fully saturated rings. The summed E-state index contributed by atoms with van der Waals surface area (Å²) in [6.07, 6.45) is 2.35. The smallest absolute Gasteiger partial charge is 0.250 e. The molecule has 0 unspecified atom stereocenters.